The zero-order valence-corrected chi connectivity index (χ0v) is 14.9. The van der Waals surface area contributed by atoms with Gasteiger partial charge in [0.15, 0.2) is 5.82 Å². The molecule has 0 radical (unpaired) electrons. The van der Waals surface area contributed by atoms with E-state index < -0.39 is 0 Å². The topological polar surface area (TPSA) is 49.8 Å². The highest BCUT2D eigenvalue weighted by Crippen LogP contribution is 2.37. The molecule has 2 N–H and O–H groups in total. The molecule has 0 unspecified atom stereocenters. The van der Waals surface area contributed by atoms with E-state index in [1.165, 1.54) is 6.20 Å². The molecule has 0 aliphatic rings. The van der Waals surface area contributed by atoms with E-state index in [2.05, 4.69) is 43.5 Å². The molecule has 1 aromatic carbocycles. The van der Waals surface area contributed by atoms with Gasteiger partial charge in [-0.3, -0.25) is 0 Å². The Balaban J connectivity index is 2.28. The van der Waals surface area contributed by atoms with Crippen LogP contribution >= 0.6 is 50.7 Å². The van der Waals surface area contributed by atoms with Crippen LogP contribution in [0.1, 0.15) is 13.3 Å². The van der Waals surface area contributed by atoms with E-state index in [0.29, 0.717) is 32.5 Å². The van der Waals surface area contributed by atoms with Crippen molar-refractivity contribution in [1.82, 2.24) is 9.97 Å². The van der Waals surface area contributed by atoms with Gasteiger partial charge in [-0.1, -0.05) is 41.7 Å². The maximum atomic E-state index is 6.20. The van der Waals surface area contributed by atoms with Crippen molar-refractivity contribution < 1.29 is 0 Å². The van der Waals surface area contributed by atoms with Gasteiger partial charge < -0.3 is 10.6 Å². The Kier molecular flexibility index (Phi) is 5.93. The van der Waals surface area contributed by atoms with Crippen LogP contribution in [0.3, 0.4) is 0 Å². The van der Waals surface area contributed by atoms with E-state index in [4.69, 9.17) is 34.8 Å². The van der Waals surface area contributed by atoms with Gasteiger partial charge >= 0.3 is 0 Å². The van der Waals surface area contributed by atoms with Crippen LogP contribution in [0.2, 0.25) is 15.1 Å². The summed E-state index contributed by atoms with van der Waals surface area (Å²) in [6.07, 6.45) is 2.51. The molecule has 2 aromatic rings. The number of hydrogen-bond donors (Lipinski definition) is 2. The standard InChI is InChI=1S/C13H12BrCl3N4/c1-2-5-18-13-19-6-8(15)12(21-13)20-9-4-3-7(14)10(16)11(9)17/h3-4,6H,2,5H2,1H3,(H2,18,19,20,21). The highest BCUT2D eigenvalue weighted by Gasteiger charge is 2.11. The predicted octanol–water partition coefficient (Wildman–Crippen LogP) is 5.76. The van der Waals surface area contributed by atoms with Gasteiger partial charge in [-0.2, -0.15) is 4.98 Å². The summed E-state index contributed by atoms with van der Waals surface area (Å²) >= 11 is 21.7. The van der Waals surface area contributed by atoms with E-state index in [9.17, 15) is 0 Å². The first-order valence-electron chi connectivity index (χ1n) is 6.19. The Hall–Kier alpha value is -0.750. The summed E-state index contributed by atoms with van der Waals surface area (Å²) in [5, 5.41) is 7.38. The monoisotopic (exact) mass is 408 g/mol. The maximum Gasteiger partial charge on any atom is 0.224 e. The molecular weight excluding hydrogens is 398 g/mol. The van der Waals surface area contributed by atoms with Gasteiger partial charge in [-0.05, 0) is 34.5 Å². The van der Waals surface area contributed by atoms with Crippen LogP contribution in [0.15, 0.2) is 22.8 Å². The molecule has 0 saturated heterocycles. The molecular formula is C13H12BrCl3N4. The molecule has 4 nitrogen and oxygen atoms in total. The fourth-order valence-corrected chi connectivity index (χ4v) is 2.49. The summed E-state index contributed by atoms with van der Waals surface area (Å²) in [5.74, 6) is 0.966. The molecule has 0 amide bonds. The summed E-state index contributed by atoms with van der Waals surface area (Å²) in [6.45, 7) is 2.84. The minimum absolute atomic E-state index is 0.392. The summed E-state index contributed by atoms with van der Waals surface area (Å²) in [4.78, 5) is 8.43. The average Bonchev–Trinajstić information content (AvgIpc) is 2.48. The third kappa shape index (κ3) is 4.13. The first-order chi connectivity index (χ1) is 10.0. The lowest BCUT2D eigenvalue weighted by molar-refractivity contribution is 0.953. The van der Waals surface area contributed by atoms with Gasteiger partial charge in [0.2, 0.25) is 5.95 Å². The van der Waals surface area contributed by atoms with Crippen molar-refractivity contribution in [3.05, 3.63) is 37.9 Å². The van der Waals surface area contributed by atoms with Gasteiger partial charge in [0, 0.05) is 11.0 Å². The summed E-state index contributed by atoms with van der Waals surface area (Å²) in [5.41, 5.74) is 0.618. The van der Waals surface area contributed by atoms with Gasteiger partial charge in [0.1, 0.15) is 5.02 Å². The lowest BCUT2D eigenvalue weighted by Gasteiger charge is -2.12. The molecule has 0 aliphatic carbocycles. The zero-order chi connectivity index (χ0) is 15.4. The Labute approximate surface area is 146 Å². The number of nitrogens with one attached hydrogen (secondary N) is 2. The second-order valence-electron chi connectivity index (χ2n) is 4.16. The van der Waals surface area contributed by atoms with Crippen molar-refractivity contribution in [2.75, 3.05) is 17.2 Å². The van der Waals surface area contributed by atoms with Crippen LogP contribution in [-0.4, -0.2) is 16.5 Å². The quantitative estimate of drug-likeness (QED) is 0.615. The fraction of sp³-hybridized carbons (Fsp3) is 0.231. The molecule has 21 heavy (non-hydrogen) atoms. The van der Waals surface area contributed by atoms with Crippen molar-refractivity contribution in [2.45, 2.75) is 13.3 Å². The Bertz CT molecular complexity index is 652. The highest BCUT2D eigenvalue weighted by molar-refractivity contribution is 9.10. The van der Waals surface area contributed by atoms with Gasteiger partial charge in [0.05, 0.1) is 21.9 Å². The Morgan fingerprint density at radius 2 is 1.95 bits per heavy atom. The third-order valence-corrected chi connectivity index (χ3v) is 4.61. The molecule has 0 fully saturated rings. The van der Waals surface area contributed by atoms with E-state index in [1.807, 2.05) is 0 Å². The van der Waals surface area contributed by atoms with Crippen molar-refractivity contribution in [2.24, 2.45) is 0 Å². The normalized spacial score (nSPS) is 10.5. The number of rotatable bonds is 5. The molecule has 0 aliphatic heterocycles. The SMILES string of the molecule is CCCNc1ncc(Cl)c(Nc2ccc(Br)c(Cl)c2Cl)n1. The predicted molar refractivity (Wildman–Crippen MR) is 93.3 cm³/mol. The van der Waals surface area contributed by atoms with Crippen LogP contribution in [0.4, 0.5) is 17.5 Å². The minimum Gasteiger partial charge on any atom is -0.354 e. The van der Waals surface area contributed by atoms with E-state index >= 15 is 0 Å². The highest BCUT2D eigenvalue weighted by atomic mass is 79.9. The first kappa shape index (κ1) is 16.6. The molecule has 1 heterocycles. The number of anilines is 3. The van der Waals surface area contributed by atoms with Gasteiger partial charge in [-0.25, -0.2) is 4.98 Å². The summed E-state index contributed by atoms with van der Waals surface area (Å²) < 4.78 is 0.721. The number of halogens is 4. The second kappa shape index (κ2) is 7.49. The Morgan fingerprint density at radius 1 is 1.19 bits per heavy atom. The number of benzene rings is 1. The van der Waals surface area contributed by atoms with Crippen LogP contribution in [0.5, 0.6) is 0 Å². The van der Waals surface area contributed by atoms with Crippen LogP contribution in [0.25, 0.3) is 0 Å². The summed E-state index contributed by atoms with van der Waals surface area (Å²) in [6, 6.07) is 3.58. The lowest BCUT2D eigenvalue weighted by Crippen LogP contribution is -2.06. The van der Waals surface area contributed by atoms with Crippen LogP contribution in [0, 0.1) is 0 Å². The first-order valence-corrected chi connectivity index (χ1v) is 8.12. The molecule has 2 rings (SSSR count). The molecule has 1 aromatic heterocycles. The fourth-order valence-electron chi connectivity index (χ4n) is 1.53. The smallest absolute Gasteiger partial charge is 0.224 e. The Morgan fingerprint density at radius 3 is 2.67 bits per heavy atom. The molecule has 0 bridgehead atoms. The van der Waals surface area contributed by atoms with E-state index in [1.54, 1.807) is 12.1 Å². The minimum atomic E-state index is 0.392. The zero-order valence-electron chi connectivity index (χ0n) is 11.1. The van der Waals surface area contributed by atoms with Crippen molar-refractivity contribution in [1.29, 1.82) is 0 Å². The second-order valence-corrected chi connectivity index (χ2v) is 6.18. The van der Waals surface area contributed by atoms with Crippen molar-refractivity contribution in [3.63, 3.8) is 0 Å². The van der Waals surface area contributed by atoms with Crippen LogP contribution < -0.4 is 10.6 Å². The number of hydrogen-bond acceptors (Lipinski definition) is 4. The number of aromatic nitrogens is 2. The maximum absolute atomic E-state index is 6.20. The third-order valence-electron chi connectivity index (χ3n) is 2.57. The van der Waals surface area contributed by atoms with Crippen LogP contribution in [-0.2, 0) is 0 Å². The van der Waals surface area contributed by atoms with Crippen molar-refractivity contribution >= 4 is 68.2 Å². The molecule has 8 heteroatoms. The van der Waals surface area contributed by atoms with Gasteiger partial charge in [-0.15, -0.1) is 0 Å². The molecule has 0 saturated carbocycles. The lowest BCUT2D eigenvalue weighted by atomic mass is 10.3. The molecule has 0 spiro atoms. The van der Waals surface area contributed by atoms with Gasteiger partial charge in [0.25, 0.3) is 0 Å². The largest absolute Gasteiger partial charge is 0.354 e. The average molecular weight is 411 g/mol. The molecule has 112 valence electrons. The summed E-state index contributed by atoms with van der Waals surface area (Å²) in [7, 11) is 0. The van der Waals surface area contributed by atoms with E-state index in [-0.39, 0.29) is 0 Å². The number of nitrogens with zero attached hydrogens (tertiary/aromatic N) is 2. The van der Waals surface area contributed by atoms with E-state index in [0.717, 1.165) is 17.4 Å². The van der Waals surface area contributed by atoms with Crippen molar-refractivity contribution in [3.8, 4) is 0 Å². The molecule has 0 atom stereocenters.